The van der Waals surface area contributed by atoms with Crippen molar-refractivity contribution < 1.29 is 9.18 Å². The summed E-state index contributed by atoms with van der Waals surface area (Å²) in [7, 11) is 0. The van der Waals surface area contributed by atoms with E-state index in [1.54, 1.807) is 23.1 Å². The predicted octanol–water partition coefficient (Wildman–Crippen LogP) is 1.86. The molecule has 0 aromatic heterocycles. The molecule has 2 saturated heterocycles. The van der Waals surface area contributed by atoms with Crippen molar-refractivity contribution in [2.75, 3.05) is 13.1 Å². The van der Waals surface area contributed by atoms with Gasteiger partial charge in [-0.2, -0.15) is 0 Å². The van der Waals surface area contributed by atoms with Crippen LogP contribution in [0.1, 0.15) is 30.9 Å². The number of amides is 1. The summed E-state index contributed by atoms with van der Waals surface area (Å²) in [4.78, 5) is 17.5. The fourth-order valence-corrected chi connectivity index (χ4v) is 2.56. The largest absolute Gasteiger partial charge is 0.367 e. The van der Waals surface area contributed by atoms with Gasteiger partial charge in [-0.25, -0.2) is 9.38 Å². The normalized spacial score (nSPS) is 22.8. The van der Waals surface area contributed by atoms with Crippen LogP contribution in [0.3, 0.4) is 0 Å². The van der Waals surface area contributed by atoms with Crippen LogP contribution in [0, 0.1) is 11.2 Å². The Labute approximate surface area is 122 Å². The van der Waals surface area contributed by atoms with Crippen LogP contribution in [0.25, 0.3) is 0 Å². The third-order valence-electron chi connectivity index (χ3n) is 3.88. The van der Waals surface area contributed by atoms with E-state index < -0.39 is 0 Å². The molecule has 1 atom stereocenters. The summed E-state index contributed by atoms with van der Waals surface area (Å²) in [5.41, 5.74) is 0.600. The fraction of sp³-hybridized carbons (Fsp3) is 0.400. The molecule has 0 aliphatic carbocycles. The smallest absolute Gasteiger partial charge is 0.291 e. The molecule has 3 rings (SSSR count). The molecule has 5 nitrogen and oxygen atoms in total. The molecule has 0 spiro atoms. The maximum atomic E-state index is 13.7. The molecular formula is C15H17FN4O. The van der Waals surface area contributed by atoms with Crippen LogP contribution >= 0.6 is 0 Å². The Hall–Kier alpha value is -2.24. The lowest BCUT2D eigenvalue weighted by Gasteiger charge is -2.30. The quantitative estimate of drug-likeness (QED) is 0.612. The van der Waals surface area contributed by atoms with Gasteiger partial charge in [0.1, 0.15) is 11.7 Å². The number of nitrogens with one attached hydrogen (secondary N) is 2. The average Bonchev–Trinajstić information content (AvgIpc) is 2.85. The molecule has 6 heteroatoms. The van der Waals surface area contributed by atoms with E-state index in [4.69, 9.17) is 5.41 Å². The summed E-state index contributed by atoms with van der Waals surface area (Å²) in [5, 5.41) is 10.9. The fourth-order valence-electron chi connectivity index (χ4n) is 2.56. The number of benzene rings is 1. The highest BCUT2D eigenvalue weighted by Crippen LogP contribution is 2.26. The number of carbonyl (C=O) groups excluding carboxylic acids is 1. The maximum Gasteiger partial charge on any atom is 0.291 e. The number of aliphatic imine (C=N–C) groups is 1. The zero-order chi connectivity index (χ0) is 14.8. The number of hydrogen-bond acceptors (Lipinski definition) is 2. The van der Waals surface area contributed by atoms with E-state index in [-0.39, 0.29) is 23.6 Å². The average molecular weight is 288 g/mol. The van der Waals surface area contributed by atoms with E-state index in [9.17, 15) is 9.18 Å². The van der Waals surface area contributed by atoms with Crippen LogP contribution in [-0.4, -0.2) is 35.6 Å². The second-order valence-electron chi connectivity index (χ2n) is 5.31. The van der Waals surface area contributed by atoms with Crippen LogP contribution in [-0.2, 0) is 4.79 Å². The van der Waals surface area contributed by atoms with Gasteiger partial charge in [-0.3, -0.25) is 10.2 Å². The Kier molecular flexibility index (Phi) is 3.68. The van der Waals surface area contributed by atoms with E-state index in [0.717, 1.165) is 6.42 Å². The Morgan fingerprint density at radius 1 is 1.38 bits per heavy atom. The monoisotopic (exact) mass is 288 g/mol. The number of hydrogen-bond donors (Lipinski definition) is 2. The van der Waals surface area contributed by atoms with Crippen molar-refractivity contribution in [1.82, 2.24) is 10.2 Å². The third kappa shape index (κ3) is 2.79. The molecule has 2 aliphatic rings. The number of likely N-dealkylation sites (tertiary alicyclic amines) is 1. The van der Waals surface area contributed by atoms with E-state index in [1.165, 1.54) is 6.07 Å². The van der Waals surface area contributed by atoms with Gasteiger partial charge in [-0.05, 0) is 18.9 Å². The lowest BCUT2D eigenvalue weighted by molar-refractivity contribution is -0.127. The van der Waals surface area contributed by atoms with E-state index >= 15 is 0 Å². The highest BCUT2D eigenvalue weighted by Gasteiger charge is 2.27. The van der Waals surface area contributed by atoms with Crippen molar-refractivity contribution in [3.8, 4) is 0 Å². The van der Waals surface area contributed by atoms with Gasteiger partial charge in [-0.1, -0.05) is 18.2 Å². The Morgan fingerprint density at radius 3 is 2.81 bits per heavy atom. The van der Waals surface area contributed by atoms with E-state index in [2.05, 4.69) is 10.3 Å². The van der Waals surface area contributed by atoms with Crippen molar-refractivity contribution in [3.63, 3.8) is 0 Å². The molecule has 2 N–H and O–H groups in total. The molecule has 2 fully saturated rings. The summed E-state index contributed by atoms with van der Waals surface area (Å²) >= 11 is 0. The Morgan fingerprint density at radius 2 is 2.14 bits per heavy atom. The Bertz CT molecular complexity index is 609. The molecule has 1 unspecified atom stereocenters. The zero-order valence-corrected chi connectivity index (χ0v) is 11.6. The van der Waals surface area contributed by atoms with Gasteiger partial charge in [0.15, 0.2) is 0 Å². The van der Waals surface area contributed by atoms with Gasteiger partial charge >= 0.3 is 0 Å². The third-order valence-corrected chi connectivity index (χ3v) is 3.88. The summed E-state index contributed by atoms with van der Waals surface area (Å²) in [5.74, 6) is -0.235. The maximum absolute atomic E-state index is 13.7. The summed E-state index contributed by atoms with van der Waals surface area (Å²) in [6.45, 7) is 1.41. The highest BCUT2D eigenvalue weighted by molar-refractivity contribution is 6.38. The molecule has 0 bridgehead atoms. The van der Waals surface area contributed by atoms with E-state index in [0.29, 0.717) is 37.3 Å². The molecule has 0 radical (unpaired) electrons. The predicted molar refractivity (Wildman–Crippen MR) is 77.9 cm³/mol. The van der Waals surface area contributed by atoms with Gasteiger partial charge in [0.05, 0.1) is 6.04 Å². The molecule has 0 saturated carbocycles. The highest BCUT2D eigenvalue weighted by atomic mass is 19.1. The minimum atomic E-state index is -0.329. The first-order chi connectivity index (χ1) is 10.1. The molecule has 110 valence electrons. The van der Waals surface area contributed by atoms with Crippen molar-refractivity contribution in [3.05, 3.63) is 35.6 Å². The lowest BCUT2D eigenvalue weighted by atomic mass is 10.1. The number of nitrogens with zero attached hydrogens (tertiary/aromatic N) is 2. The van der Waals surface area contributed by atoms with Crippen LogP contribution in [0.4, 0.5) is 4.39 Å². The second-order valence-corrected chi connectivity index (χ2v) is 5.31. The Balaban J connectivity index is 1.66. The molecule has 2 aliphatic heterocycles. The molecule has 21 heavy (non-hydrogen) atoms. The van der Waals surface area contributed by atoms with Crippen molar-refractivity contribution in [2.24, 2.45) is 4.99 Å². The van der Waals surface area contributed by atoms with Crippen molar-refractivity contribution in [1.29, 1.82) is 5.41 Å². The summed E-state index contributed by atoms with van der Waals surface area (Å²) in [6.07, 6.45) is 2.32. The molecular weight excluding hydrogens is 271 g/mol. The first kappa shape index (κ1) is 13.7. The molecule has 2 heterocycles. The molecule has 1 aromatic rings. The van der Waals surface area contributed by atoms with Crippen LogP contribution in [0.15, 0.2) is 29.3 Å². The van der Waals surface area contributed by atoms with Crippen molar-refractivity contribution in [2.45, 2.75) is 25.3 Å². The summed E-state index contributed by atoms with van der Waals surface area (Å²) in [6, 6.07) is 6.49. The first-order valence-corrected chi connectivity index (χ1v) is 7.11. The summed E-state index contributed by atoms with van der Waals surface area (Å²) < 4.78 is 13.7. The molecule has 1 aromatic carbocycles. The van der Waals surface area contributed by atoms with Crippen molar-refractivity contribution >= 4 is 17.6 Å². The van der Waals surface area contributed by atoms with Gasteiger partial charge in [0.2, 0.25) is 5.84 Å². The van der Waals surface area contributed by atoms with Crippen LogP contribution in [0.5, 0.6) is 0 Å². The number of rotatable bonds is 1. The van der Waals surface area contributed by atoms with Gasteiger partial charge < -0.3 is 10.2 Å². The van der Waals surface area contributed by atoms with Gasteiger partial charge in [0, 0.05) is 25.1 Å². The van der Waals surface area contributed by atoms with Gasteiger partial charge in [-0.15, -0.1) is 0 Å². The van der Waals surface area contributed by atoms with Crippen LogP contribution < -0.4 is 5.32 Å². The number of amidine groups is 2. The SMILES string of the molecule is N=C(/N=C1/CCC(c2ccccc2F)N1)C(=O)N1CCC1. The minimum Gasteiger partial charge on any atom is -0.367 e. The first-order valence-electron chi connectivity index (χ1n) is 7.11. The lowest BCUT2D eigenvalue weighted by Crippen LogP contribution is -2.45. The van der Waals surface area contributed by atoms with E-state index in [1.807, 2.05) is 0 Å². The molecule has 1 amide bonds. The van der Waals surface area contributed by atoms with Gasteiger partial charge in [0.25, 0.3) is 5.91 Å². The standard InChI is InChI=1S/C15H17FN4O/c16-11-5-2-1-4-10(11)12-6-7-13(18-12)19-14(17)15(21)20-8-3-9-20/h1-2,4-5,12H,3,6-9H2,(H2,17,18,19). The topological polar surface area (TPSA) is 68.5 Å². The number of halogens is 1. The second kappa shape index (κ2) is 5.63. The zero-order valence-electron chi connectivity index (χ0n) is 11.6. The minimum absolute atomic E-state index is 0.142. The number of carbonyl (C=O) groups is 1. The van der Waals surface area contributed by atoms with Crippen LogP contribution in [0.2, 0.25) is 0 Å².